The molecule has 0 aromatic carbocycles. The molecular formula is C14H18O2. The van der Waals surface area contributed by atoms with E-state index in [1.165, 1.54) is 6.42 Å². The number of fused-ring (bicyclic) bond motifs is 7. The fraction of sp³-hybridized carbons (Fsp3) is 0.786. The molecule has 0 N–H and O–H groups in total. The van der Waals surface area contributed by atoms with E-state index >= 15 is 0 Å². The topological polar surface area (TPSA) is 29.6 Å². The minimum absolute atomic E-state index is 0.0762. The van der Waals surface area contributed by atoms with Crippen LogP contribution in [0.4, 0.5) is 0 Å². The highest BCUT2D eigenvalue weighted by Crippen LogP contribution is 2.70. The SMILES string of the molecule is CC(C)(C)[C@@]12O[C@@H]1C(=O)[C@H]1[C@@H]2[C@H]2C=C[C@@H]1C2. The number of carbonyl (C=O) groups excluding carboxylic acids is 1. The Morgan fingerprint density at radius 1 is 1.31 bits per heavy atom. The third-order valence-electron chi connectivity index (χ3n) is 5.36. The van der Waals surface area contributed by atoms with Crippen LogP contribution in [0.15, 0.2) is 12.2 Å². The van der Waals surface area contributed by atoms with Crippen LogP contribution in [0.25, 0.3) is 0 Å². The number of hydrogen-bond donors (Lipinski definition) is 0. The van der Waals surface area contributed by atoms with E-state index < -0.39 is 0 Å². The number of rotatable bonds is 0. The van der Waals surface area contributed by atoms with Gasteiger partial charge in [0.05, 0.1) is 0 Å². The lowest BCUT2D eigenvalue weighted by Crippen LogP contribution is -2.40. The van der Waals surface area contributed by atoms with Gasteiger partial charge in [-0.15, -0.1) is 0 Å². The lowest BCUT2D eigenvalue weighted by Gasteiger charge is -2.35. The Balaban J connectivity index is 1.85. The summed E-state index contributed by atoms with van der Waals surface area (Å²) in [4.78, 5) is 12.3. The molecule has 0 spiro atoms. The lowest BCUT2D eigenvalue weighted by atomic mass is 9.68. The molecule has 4 aliphatic rings. The summed E-state index contributed by atoms with van der Waals surface area (Å²) in [6.07, 6.45) is 5.71. The molecule has 0 amide bonds. The molecule has 0 unspecified atom stereocenters. The van der Waals surface area contributed by atoms with Crippen LogP contribution >= 0.6 is 0 Å². The van der Waals surface area contributed by atoms with Gasteiger partial charge in [-0.3, -0.25) is 4.79 Å². The van der Waals surface area contributed by atoms with Crippen molar-refractivity contribution in [3.63, 3.8) is 0 Å². The van der Waals surface area contributed by atoms with Crippen LogP contribution in [-0.2, 0) is 9.53 Å². The maximum atomic E-state index is 12.3. The van der Waals surface area contributed by atoms with Gasteiger partial charge in [-0.1, -0.05) is 32.9 Å². The van der Waals surface area contributed by atoms with Crippen molar-refractivity contribution in [3.05, 3.63) is 12.2 Å². The van der Waals surface area contributed by atoms with Crippen LogP contribution in [-0.4, -0.2) is 17.5 Å². The van der Waals surface area contributed by atoms with Crippen LogP contribution in [0.3, 0.4) is 0 Å². The summed E-state index contributed by atoms with van der Waals surface area (Å²) in [5.41, 5.74) is -0.0377. The monoisotopic (exact) mass is 218 g/mol. The molecule has 6 atom stereocenters. The molecule has 1 saturated heterocycles. The molecule has 1 aliphatic heterocycles. The molecule has 3 aliphatic carbocycles. The lowest BCUT2D eigenvalue weighted by molar-refractivity contribution is -0.126. The molecule has 0 aromatic heterocycles. The largest absolute Gasteiger partial charge is 0.357 e. The normalized spacial score (nSPS) is 56.7. The van der Waals surface area contributed by atoms with E-state index in [9.17, 15) is 4.79 Å². The van der Waals surface area contributed by atoms with Crippen molar-refractivity contribution < 1.29 is 9.53 Å². The first-order valence-corrected chi connectivity index (χ1v) is 6.37. The molecule has 3 fully saturated rings. The minimum atomic E-state index is -0.126. The summed E-state index contributed by atoms with van der Waals surface area (Å²) in [7, 11) is 0. The van der Waals surface area contributed by atoms with Gasteiger partial charge >= 0.3 is 0 Å². The second-order valence-electron chi connectivity index (χ2n) is 6.94. The second-order valence-corrected chi connectivity index (χ2v) is 6.94. The Bertz CT molecular complexity index is 417. The predicted molar refractivity (Wildman–Crippen MR) is 59.8 cm³/mol. The summed E-state index contributed by atoms with van der Waals surface area (Å²) >= 11 is 0. The van der Waals surface area contributed by atoms with E-state index in [1.54, 1.807) is 0 Å². The number of epoxide rings is 1. The quantitative estimate of drug-likeness (QED) is 0.461. The standard InChI is InChI=1S/C14H18O2/c1-13(2,3)14-10-8-5-4-7(6-8)9(10)11(15)12(14)16-14/h4-5,7-10,12H,6H2,1-3H3/t7-,8+,9-,10+,12-,14+/m1/s1. The molecule has 2 nitrogen and oxygen atoms in total. The van der Waals surface area contributed by atoms with E-state index in [-0.39, 0.29) is 23.0 Å². The van der Waals surface area contributed by atoms with Gasteiger partial charge in [0.1, 0.15) is 11.7 Å². The zero-order chi connectivity index (χ0) is 11.3. The fourth-order valence-corrected chi connectivity index (χ4v) is 4.72. The van der Waals surface area contributed by atoms with Crippen molar-refractivity contribution in [3.8, 4) is 0 Å². The van der Waals surface area contributed by atoms with E-state index in [0.717, 1.165) is 0 Å². The molecule has 2 saturated carbocycles. The second kappa shape index (κ2) is 2.31. The maximum absolute atomic E-state index is 12.3. The van der Waals surface area contributed by atoms with Gasteiger partial charge in [0.2, 0.25) is 0 Å². The van der Waals surface area contributed by atoms with Crippen molar-refractivity contribution >= 4 is 5.78 Å². The van der Waals surface area contributed by atoms with Gasteiger partial charge in [-0.25, -0.2) is 0 Å². The zero-order valence-electron chi connectivity index (χ0n) is 10.1. The Kier molecular flexibility index (Phi) is 1.36. The van der Waals surface area contributed by atoms with Crippen LogP contribution in [0.1, 0.15) is 27.2 Å². The van der Waals surface area contributed by atoms with E-state index in [4.69, 9.17) is 4.74 Å². The number of allylic oxidation sites excluding steroid dienone is 2. The average molecular weight is 218 g/mol. The van der Waals surface area contributed by atoms with Crippen molar-refractivity contribution in [2.75, 3.05) is 0 Å². The fourth-order valence-electron chi connectivity index (χ4n) is 4.72. The van der Waals surface area contributed by atoms with Gasteiger partial charge in [-0.05, 0) is 23.7 Å². The highest BCUT2D eigenvalue weighted by Gasteiger charge is 2.81. The molecule has 0 aromatic rings. The summed E-state index contributed by atoms with van der Waals surface area (Å²) in [5.74, 6) is 2.29. The highest BCUT2D eigenvalue weighted by atomic mass is 16.6. The Hall–Kier alpha value is -0.630. The van der Waals surface area contributed by atoms with Gasteiger partial charge < -0.3 is 4.74 Å². The first kappa shape index (κ1) is 9.41. The summed E-state index contributed by atoms with van der Waals surface area (Å²) in [5, 5.41) is 0. The molecular weight excluding hydrogens is 200 g/mol. The van der Waals surface area contributed by atoms with Gasteiger partial charge in [0.25, 0.3) is 0 Å². The zero-order valence-corrected chi connectivity index (χ0v) is 10.1. The molecule has 0 radical (unpaired) electrons. The molecule has 1 heterocycles. The molecule has 86 valence electrons. The smallest absolute Gasteiger partial charge is 0.168 e. The van der Waals surface area contributed by atoms with Crippen LogP contribution < -0.4 is 0 Å². The van der Waals surface area contributed by atoms with Crippen molar-refractivity contribution in [1.29, 1.82) is 0 Å². The highest BCUT2D eigenvalue weighted by molar-refractivity contribution is 5.94. The number of Topliss-reactive ketones (excluding diaryl/α,β-unsaturated/α-hetero) is 1. The number of ether oxygens (including phenoxy) is 1. The third kappa shape index (κ3) is 0.746. The van der Waals surface area contributed by atoms with Crippen LogP contribution in [0.2, 0.25) is 0 Å². The Morgan fingerprint density at radius 3 is 2.69 bits per heavy atom. The predicted octanol–water partition coefficient (Wildman–Crippen LogP) is 2.19. The summed E-state index contributed by atoms with van der Waals surface area (Å²) < 4.78 is 5.90. The summed E-state index contributed by atoms with van der Waals surface area (Å²) in [6, 6.07) is 0. The molecule has 2 heteroatoms. The maximum Gasteiger partial charge on any atom is 0.168 e. The van der Waals surface area contributed by atoms with E-state index in [1.807, 2.05) is 0 Å². The Morgan fingerprint density at radius 2 is 2.00 bits per heavy atom. The average Bonchev–Trinajstić information content (AvgIpc) is 2.52. The van der Waals surface area contributed by atoms with Crippen molar-refractivity contribution in [2.24, 2.45) is 29.1 Å². The first-order valence-electron chi connectivity index (χ1n) is 6.37. The molecule has 2 bridgehead atoms. The van der Waals surface area contributed by atoms with E-state index in [2.05, 4.69) is 32.9 Å². The van der Waals surface area contributed by atoms with Crippen molar-refractivity contribution in [1.82, 2.24) is 0 Å². The molecule has 16 heavy (non-hydrogen) atoms. The van der Waals surface area contributed by atoms with Crippen LogP contribution in [0.5, 0.6) is 0 Å². The number of ketones is 1. The third-order valence-corrected chi connectivity index (χ3v) is 5.36. The first-order chi connectivity index (χ1) is 7.47. The van der Waals surface area contributed by atoms with Crippen LogP contribution in [0, 0.1) is 29.1 Å². The van der Waals surface area contributed by atoms with E-state index in [0.29, 0.717) is 23.5 Å². The minimum Gasteiger partial charge on any atom is -0.357 e. The summed E-state index contributed by atoms with van der Waals surface area (Å²) in [6.45, 7) is 6.66. The van der Waals surface area contributed by atoms with Gasteiger partial charge in [0.15, 0.2) is 5.78 Å². The molecule has 4 rings (SSSR count). The van der Waals surface area contributed by atoms with Gasteiger partial charge in [0, 0.05) is 11.8 Å². The number of carbonyl (C=O) groups is 1. The Labute approximate surface area is 96.0 Å². The number of hydrogen-bond acceptors (Lipinski definition) is 2. The van der Waals surface area contributed by atoms with Gasteiger partial charge in [-0.2, -0.15) is 0 Å². The van der Waals surface area contributed by atoms with Crippen molar-refractivity contribution in [2.45, 2.75) is 38.9 Å².